The summed E-state index contributed by atoms with van der Waals surface area (Å²) in [6.45, 7) is 7.45. The monoisotopic (exact) mass is 353 g/mol. The standard InChI is InChI=1S/C16H24BrN3O/c1-11(2)20(10-12-5-7-19-8-6-12)15-9-13(17)3-4-14(15)16(18)21/h3-4,9,11-12,19H,5-8,10H2,1-2H3,(H2,18,21). The Hall–Kier alpha value is -1.07. The van der Waals surface area contributed by atoms with Crippen LogP contribution in [-0.2, 0) is 0 Å². The number of benzene rings is 1. The van der Waals surface area contributed by atoms with Crippen molar-refractivity contribution in [3.63, 3.8) is 0 Å². The number of anilines is 1. The van der Waals surface area contributed by atoms with Crippen molar-refractivity contribution in [3.8, 4) is 0 Å². The zero-order valence-electron chi connectivity index (χ0n) is 12.7. The average Bonchev–Trinajstić information content (AvgIpc) is 2.45. The maximum absolute atomic E-state index is 11.7. The molecule has 0 aromatic heterocycles. The summed E-state index contributed by atoms with van der Waals surface area (Å²) >= 11 is 3.50. The van der Waals surface area contributed by atoms with E-state index < -0.39 is 0 Å². The van der Waals surface area contributed by atoms with Crippen molar-refractivity contribution in [3.05, 3.63) is 28.2 Å². The Balaban J connectivity index is 2.28. The molecule has 0 saturated carbocycles. The molecule has 0 atom stereocenters. The van der Waals surface area contributed by atoms with Crippen LogP contribution in [0, 0.1) is 5.92 Å². The Morgan fingerprint density at radius 1 is 1.43 bits per heavy atom. The Bertz CT molecular complexity index is 498. The van der Waals surface area contributed by atoms with E-state index in [1.807, 2.05) is 12.1 Å². The number of carbonyl (C=O) groups excluding carboxylic acids is 1. The average molecular weight is 354 g/mol. The van der Waals surface area contributed by atoms with Gasteiger partial charge in [-0.25, -0.2) is 0 Å². The first-order chi connectivity index (χ1) is 9.99. The summed E-state index contributed by atoms with van der Waals surface area (Å²) < 4.78 is 0.971. The lowest BCUT2D eigenvalue weighted by atomic mass is 9.96. The largest absolute Gasteiger partial charge is 0.368 e. The molecule has 1 amide bonds. The first-order valence-electron chi connectivity index (χ1n) is 7.55. The van der Waals surface area contributed by atoms with Crippen molar-refractivity contribution >= 4 is 27.5 Å². The Kier molecular flexibility index (Phi) is 5.65. The van der Waals surface area contributed by atoms with Crippen molar-refractivity contribution in [1.29, 1.82) is 0 Å². The van der Waals surface area contributed by atoms with Gasteiger partial charge in [0, 0.05) is 17.1 Å². The van der Waals surface area contributed by atoms with E-state index in [4.69, 9.17) is 5.73 Å². The third-order valence-electron chi connectivity index (χ3n) is 4.07. The number of amides is 1. The number of carbonyl (C=O) groups is 1. The number of hydrogen-bond donors (Lipinski definition) is 2. The van der Waals surface area contributed by atoms with Crippen LogP contribution in [0.3, 0.4) is 0 Å². The summed E-state index contributed by atoms with van der Waals surface area (Å²) in [5, 5.41) is 3.40. The molecule has 2 rings (SSSR count). The van der Waals surface area contributed by atoms with Crippen LogP contribution in [-0.4, -0.2) is 31.6 Å². The van der Waals surface area contributed by atoms with E-state index in [1.54, 1.807) is 6.07 Å². The van der Waals surface area contributed by atoms with Gasteiger partial charge in [0.15, 0.2) is 0 Å². The van der Waals surface area contributed by atoms with E-state index in [1.165, 1.54) is 12.8 Å². The molecule has 0 aliphatic carbocycles. The number of piperidine rings is 1. The number of nitrogens with zero attached hydrogens (tertiary/aromatic N) is 1. The first-order valence-corrected chi connectivity index (χ1v) is 8.35. The summed E-state index contributed by atoms with van der Waals surface area (Å²) in [6.07, 6.45) is 2.37. The SMILES string of the molecule is CC(C)N(CC1CCNCC1)c1cc(Br)ccc1C(N)=O. The van der Waals surface area contributed by atoms with Crippen molar-refractivity contribution in [2.75, 3.05) is 24.5 Å². The molecule has 116 valence electrons. The molecule has 21 heavy (non-hydrogen) atoms. The highest BCUT2D eigenvalue weighted by Gasteiger charge is 2.22. The second-order valence-corrected chi connectivity index (χ2v) is 6.88. The fraction of sp³-hybridized carbons (Fsp3) is 0.562. The molecule has 1 heterocycles. The van der Waals surface area contributed by atoms with Gasteiger partial charge in [0.2, 0.25) is 0 Å². The molecule has 1 saturated heterocycles. The maximum atomic E-state index is 11.7. The second-order valence-electron chi connectivity index (χ2n) is 5.97. The van der Waals surface area contributed by atoms with Crippen molar-refractivity contribution < 1.29 is 4.79 Å². The second kappa shape index (κ2) is 7.27. The number of rotatable bonds is 5. The molecule has 0 bridgehead atoms. The van der Waals surface area contributed by atoms with Gasteiger partial charge in [0.05, 0.1) is 11.3 Å². The molecule has 0 spiro atoms. The van der Waals surface area contributed by atoms with Gasteiger partial charge in [-0.3, -0.25) is 4.79 Å². The lowest BCUT2D eigenvalue weighted by Crippen LogP contribution is -2.40. The Morgan fingerprint density at radius 2 is 2.10 bits per heavy atom. The van der Waals surface area contributed by atoms with Crippen LogP contribution in [0.2, 0.25) is 0 Å². The molecule has 1 aliphatic heterocycles. The lowest BCUT2D eigenvalue weighted by Gasteiger charge is -2.35. The van der Waals surface area contributed by atoms with Gasteiger partial charge in [-0.1, -0.05) is 15.9 Å². The molecular weight excluding hydrogens is 330 g/mol. The van der Waals surface area contributed by atoms with Crippen molar-refractivity contribution in [2.24, 2.45) is 11.7 Å². The molecule has 1 aromatic rings. The molecule has 1 aromatic carbocycles. The molecule has 3 N–H and O–H groups in total. The summed E-state index contributed by atoms with van der Waals surface area (Å²) in [5.74, 6) is 0.293. The molecule has 5 heteroatoms. The van der Waals surface area contributed by atoms with E-state index in [0.29, 0.717) is 17.5 Å². The smallest absolute Gasteiger partial charge is 0.250 e. The van der Waals surface area contributed by atoms with Crippen LogP contribution in [0.15, 0.2) is 22.7 Å². The van der Waals surface area contributed by atoms with Crippen LogP contribution < -0.4 is 16.0 Å². The number of nitrogens with one attached hydrogen (secondary N) is 1. The van der Waals surface area contributed by atoms with Crippen molar-refractivity contribution in [2.45, 2.75) is 32.7 Å². The minimum Gasteiger partial charge on any atom is -0.368 e. The summed E-state index contributed by atoms with van der Waals surface area (Å²) in [4.78, 5) is 14.0. The van der Waals surface area contributed by atoms with E-state index in [-0.39, 0.29) is 5.91 Å². The topological polar surface area (TPSA) is 58.4 Å². The highest BCUT2D eigenvalue weighted by molar-refractivity contribution is 9.10. The number of halogens is 1. The molecule has 0 unspecified atom stereocenters. The number of hydrogen-bond acceptors (Lipinski definition) is 3. The van der Waals surface area contributed by atoms with Gasteiger partial charge >= 0.3 is 0 Å². The van der Waals surface area contributed by atoms with Crippen LogP contribution in [0.1, 0.15) is 37.0 Å². The third kappa shape index (κ3) is 4.20. The predicted octanol–water partition coefficient (Wildman–Crippen LogP) is 2.76. The summed E-state index contributed by atoms with van der Waals surface area (Å²) in [7, 11) is 0. The van der Waals surface area contributed by atoms with Gasteiger partial charge in [-0.15, -0.1) is 0 Å². The summed E-state index contributed by atoms with van der Waals surface area (Å²) in [5.41, 5.74) is 7.08. The fourth-order valence-corrected chi connectivity index (χ4v) is 3.23. The number of primary amides is 1. The van der Waals surface area contributed by atoms with Gasteiger partial charge < -0.3 is 16.0 Å². The minimum atomic E-state index is -0.367. The predicted molar refractivity (Wildman–Crippen MR) is 90.7 cm³/mol. The molecular formula is C16H24BrN3O. The Labute approximate surface area is 135 Å². The molecule has 1 aliphatic rings. The van der Waals surface area contributed by atoms with Crippen LogP contribution in [0.25, 0.3) is 0 Å². The molecule has 4 nitrogen and oxygen atoms in total. The van der Waals surface area contributed by atoms with E-state index >= 15 is 0 Å². The van der Waals surface area contributed by atoms with E-state index in [9.17, 15) is 4.79 Å². The van der Waals surface area contributed by atoms with Crippen LogP contribution in [0.5, 0.6) is 0 Å². The molecule has 1 fully saturated rings. The zero-order valence-corrected chi connectivity index (χ0v) is 14.3. The van der Waals surface area contributed by atoms with Gasteiger partial charge in [-0.05, 0) is 63.9 Å². The highest BCUT2D eigenvalue weighted by Crippen LogP contribution is 2.28. The van der Waals surface area contributed by atoms with E-state index in [2.05, 4.69) is 40.0 Å². The Morgan fingerprint density at radius 3 is 2.67 bits per heavy atom. The van der Waals surface area contributed by atoms with Crippen LogP contribution in [0.4, 0.5) is 5.69 Å². The number of nitrogens with two attached hydrogens (primary N) is 1. The van der Waals surface area contributed by atoms with Gasteiger partial charge in [-0.2, -0.15) is 0 Å². The van der Waals surface area contributed by atoms with Gasteiger partial charge in [0.25, 0.3) is 5.91 Å². The third-order valence-corrected chi connectivity index (χ3v) is 4.56. The normalized spacial score (nSPS) is 16.2. The first kappa shape index (κ1) is 16.3. The lowest BCUT2D eigenvalue weighted by molar-refractivity contribution is 0.100. The van der Waals surface area contributed by atoms with Crippen LogP contribution >= 0.6 is 15.9 Å². The van der Waals surface area contributed by atoms with Gasteiger partial charge in [0.1, 0.15) is 0 Å². The molecule has 0 radical (unpaired) electrons. The van der Waals surface area contributed by atoms with E-state index in [0.717, 1.165) is 29.8 Å². The summed E-state index contributed by atoms with van der Waals surface area (Å²) in [6, 6.07) is 6.00. The fourth-order valence-electron chi connectivity index (χ4n) is 2.88. The maximum Gasteiger partial charge on any atom is 0.250 e. The quantitative estimate of drug-likeness (QED) is 0.855. The zero-order chi connectivity index (χ0) is 15.4. The highest BCUT2D eigenvalue weighted by atomic mass is 79.9. The minimum absolute atomic E-state index is 0.326. The van der Waals surface area contributed by atoms with Crippen molar-refractivity contribution in [1.82, 2.24) is 5.32 Å².